The maximum atomic E-state index is 14.8. The molecule has 2 aliphatic heterocycles. The van der Waals surface area contributed by atoms with E-state index >= 15 is 0 Å². The molecule has 1 amide bonds. The van der Waals surface area contributed by atoms with Gasteiger partial charge < -0.3 is 9.84 Å². The Morgan fingerprint density at radius 1 is 0.968 bits per heavy atom. The molecule has 154 valence electrons. The molecule has 2 aliphatic rings. The van der Waals surface area contributed by atoms with Crippen molar-refractivity contribution in [2.45, 2.75) is 12.5 Å². The number of hydrogen-bond donors (Lipinski definition) is 1. The van der Waals surface area contributed by atoms with E-state index < -0.39 is 29.1 Å². The third-order valence-corrected chi connectivity index (χ3v) is 5.47. The molecule has 0 fully saturated rings. The molecule has 31 heavy (non-hydrogen) atoms. The van der Waals surface area contributed by atoms with Crippen molar-refractivity contribution >= 4 is 35.1 Å². The molecule has 1 N–H and O–H groups in total. The lowest BCUT2D eigenvalue weighted by Gasteiger charge is -2.20. The largest absolute Gasteiger partial charge is 0.422 e. The normalized spacial score (nSPS) is 20.8. The Hall–Kier alpha value is -3.84. The van der Waals surface area contributed by atoms with Crippen LogP contribution in [0.1, 0.15) is 34.0 Å². The minimum atomic E-state index is -1.79. The van der Waals surface area contributed by atoms with E-state index in [1.54, 1.807) is 24.3 Å². The third kappa shape index (κ3) is 2.85. The van der Waals surface area contributed by atoms with Crippen molar-refractivity contribution in [3.05, 3.63) is 94.6 Å². The first-order valence-corrected chi connectivity index (χ1v) is 9.47. The van der Waals surface area contributed by atoms with Gasteiger partial charge in [-0.1, -0.05) is 24.3 Å². The highest BCUT2D eigenvalue weighted by Gasteiger charge is 2.47. The van der Waals surface area contributed by atoms with Crippen LogP contribution in [0.15, 0.2) is 60.7 Å². The van der Waals surface area contributed by atoms with E-state index in [2.05, 4.69) is 0 Å². The third-order valence-electron chi connectivity index (χ3n) is 5.47. The number of aliphatic hydroxyl groups is 1. The zero-order valence-electron chi connectivity index (χ0n) is 16.2. The second-order valence-electron chi connectivity index (χ2n) is 7.53. The number of para-hydroxylation sites is 1. The molecule has 0 saturated heterocycles. The van der Waals surface area contributed by atoms with Gasteiger partial charge in [0.05, 0.1) is 16.9 Å². The number of hydrogen-bond acceptors (Lipinski definition) is 4. The number of rotatable bonds is 2. The number of benzene rings is 3. The molecule has 2 heterocycles. The fourth-order valence-electron chi connectivity index (χ4n) is 3.92. The molecule has 0 saturated carbocycles. The van der Waals surface area contributed by atoms with Crippen molar-refractivity contribution in [1.82, 2.24) is 0 Å². The topological polar surface area (TPSA) is 66.8 Å². The van der Waals surface area contributed by atoms with Crippen molar-refractivity contribution in [1.29, 1.82) is 0 Å². The van der Waals surface area contributed by atoms with Gasteiger partial charge in [0.25, 0.3) is 5.91 Å². The van der Waals surface area contributed by atoms with Gasteiger partial charge in [-0.15, -0.1) is 0 Å². The van der Waals surface area contributed by atoms with E-state index in [4.69, 9.17) is 4.74 Å². The minimum Gasteiger partial charge on any atom is -0.422 e. The smallest absolute Gasteiger partial charge is 0.344 e. The van der Waals surface area contributed by atoms with E-state index in [0.717, 1.165) is 11.0 Å². The predicted octanol–water partition coefficient (Wildman–Crippen LogP) is 4.52. The van der Waals surface area contributed by atoms with E-state index in [1.165, 1.54) is 43.3 Å². The molecule has 0 aromatic heterocycles. The Morgan fingerprint density at radius 3 is 2.55 bits per heavy atom. The summed E-state index contributed by atoms with van der Waals surface area (Å²) in [7, 11) is 0. The van der Waals surface area contributed by atoms with Gasteiger partial charge >= 0.3 is 5.97 Å². The molecular formula is C24H15F2NO4. The lowest BCUT2D eigenvalue weighted by atomic mass is 9.98. The Labute approximate surface area is 175 Å². The SMILES string of the molecule is CC1(O)C(=O)N(c2cc(C=C3OC(=O)c4cc(F)ccc43)ccc2F)c2ccccc21. The van der Waals surface area contributed by atoms with Gasteiger partial charge in [0.2, 0.25) is 0 Å². The van der Waals surface area contributed by atoms with E-state index in [9.17, 15) is 23.5 Å². The fourth-order valence-corrected chi connectivity index (χ4v) is 3.92. The first kappa shape index (κ1) is 19.1. The van der Waals surface area contributed by atoms with Gasteiger partial charge in [0.1, 0.15) is 17.4 Å². The second-order valence-corrected chi connectivity index (χ2v) is 7.53. The molecule has 0 spiro atoms. The number of esters is 1. The molecule has 3 aromatic carbocycles. The number of halogens is 2. The van der Waals surface area contributed by atoms with Crippen LogP contribution in [0.5, 0.6) is 0 Å². The van der Waals surface area contributed by atoms with Crippen LogP contribution in [-0.2, 0) is 15.1 Å². The van der Waals surface area contributed by atoms with Crippen LogP contribution >= 0.6 is 0 Å². The number of fused-ring (bicyclic) bond motifs is 2. The summed E-state index contributed by atoms with van der Waals surface area (Å²) in [6.07, 6.45) is 1.51. The quantitative estimate of drug-likeness (QED) is 0.621. The summed E-state index contributed by atoms with van der Waals surface area (Å²) in [5.74, 6) is -2.38. The molecule has 0 radical (unpaired) electrons. The fraction of sp³-hybridized carbons (Fsp3) is 0.0833. The van der Waals surface area contributed by atoms with E-state index in [-0.39, 0.29) is 17.0 Å². The van der Waals surface area contributed by atoms with Crippen molar-refractivity contribution in [2.24, 2.45) is 0 Å². The summed E-state index contributed by atoms with van der Waals surface area (Å²) in [6, 6.07) is 14.4. The van der Waals surface area contributed by atoms with Crippen molar-refractivity contribution in [2.75, 3.05) is 4.90 Å². The second kappa shape index (κ2) is 6.58. The molecule has 3 aromatic rings. The zero-order valence-corrected chi connectivity index (χ0v) is 16.2. The van der Waals surface area contributed by atoms with Crippen LogP contribution < -0.4 is 4.90 Å². The van der Waals surface area contributed by atoms with Gasteiger partial charge in [0, 0.05) is 11.1 Å². The average Bonchev–Trinajstić information content (AvgIpc) is 3.15. The number of nitrogens with zero attached hydrogens (tertiary/aromatic N) is 1. The first-order valence-electron chi connectivity index (χ1n) is 9.47. The van der Waals surface area contributed by atoms with Crippen molar-refractivity contribution in [3.63, 3.8) is 0 Å². The molecule has 5 rings (SSSR count). The van der Waals surface area contributed by atoms with Gasteiger partial charge in [0.15, 0.2) is 5.60 Å². The van der Waals surface area contributed by atoms with E-state index in [0.29, 0.717) is 22.4 Å². The number of carbonyl (C=O) groups is 2. The maximum Gasteiger partial charge on any atom is 0.344 e. The van der Waals surface area contributed by atoms with Gasteiger partial charge in [-0.3, -0.25) is 9.69 Å². The highest BCUT2D eigenvalue weighted by atomic mass is 19.1. The van der Waals surface area contributed by atoms with E-state index in [1.807, 2.05) is 0 Å². The standard InChI is InChI=1S/C24H15F2NO4/c1-24(30)17-4-2-3-5-19(17)27(23(24)29)20-10-13(6-9-18(20)26)11-21-15-8-7-14(25)12-16(15)22(28)31-21/h2-12,30H,1H3. The Balaban J connectivity index is 1.61. The molecule has 7 heteroatoms. The first-order chi connectivity index (χ1) is 14.8. The van der Waals surface area contributed by atoms with Crippen LogP contribution in [-0.4, -0.2) is 17.0 Å². The van der Waals surface area contributed by atoms with Crippen molar-refractivity contribution < 1.29 is 28.2 Å². The molecular weight excluding hydrogens is 404 g/mol. The summed E-state index contributed by atoms with van der Waals surface area (Å²) in [5, 5.41) is 10.7. The summed E-state index contributed by atoms with van der Waals surface area (Å²) in [4.78, 5) is 26.1. The van der Waals surface area contributed by atoms with Gasteiger partial charge in [-0.2, -0.15) is 0 Å². The summed E-state index contributed by atoms with van der Waals surface area (Å²) >= 11 is 0. The molecule has 1 unspecified atom stereocenters. The summed E-state index contributed by atoms with van der Waals surface area (Å²) in [5.41, 5.74) is -0.0998. The molecule has 5 nitrogen and oxygen atoms in total. The van der Waals surface area contributed by atoms with Crippen LogP contribution in [0.3, 0.4) is 0 Å². The molecule has 1 atom stereocenters. The average molecular weight is 419 g/mol. The number of amides is 1. The van der Waals surface area contributed by atoms with Crippen LogP contribution in [0.2, 0.25) is 0 Å². The minimum absolute atomic E-state index is 0.0479. The van der Waals surface area contributed by atoms with Gasteiger partial charge in [-0.05, 0) is 55.0 Å². The predicted molar refractivity (Wildman–Crippen MR) is 109 cm³/mol. The molecule has 0 aliphatic carbocycles. The zero-order chi connectivity index (χ0) is 21.9. The Bertz CT molecular complexity index is 1310. The Kier molecular flexibility index (Phi) is 4.06. The highest BCUT2D eigenvalue weighted by molar-refractivity contribution is 6.12. The number of ether oxygens (including phenoxy) is 1. The van der Waals surface area contributed by atoms with Crippen LogP contribution in [0.25, 0.3) is 11.8 Å². The Morgan fingerprint density at radius 2 is 1.74 bits per heavy atom. The van der Waals surface area contributed by atoms with Crippen molar-refractivity contribution in [3.8, 4) is 0 Å². The lowest BCUT2D eigenvalue weighted by molar-refractivity contribution is -0.133. The number of carbonyl (C=O) groups excluding carboxylic acids is 2. The summed E-state index contributed by atoms with van der Waals surface area (Å²) in [6.45, 7) is 1.37. The summed E-state index contributed by atoms with van der Waals surface area (Å²) < 4.78 is 33.5. The number of anilines is 2. The van der Waals surface area contributed by atoms with Gasteiger partial charge in [-0.25, -0.2) is 13.6 Å². The van der Waals surface area contributed by atoms with Crippen LogP contribution in [0.4, 0.5) is 20.2 Å². The van der Waals surface area contributed by atoms with Crippen LogP contribution in [0, 0.1) is 11.6 Å². The lowest BCUT2D eigenvalue weighted by Crippen LogP contribution is -2.35. The monoisotopic (exact) mass is 419 g/mol. The highest BCUT2D eigenvalue weighted by Crippen LogP contribution is 2.45. The maximum absolute atomic E-state index is 14.8. The number of cyclic esters (lactones) is 1. The molecule has 0 bridgehead atoms.